The van der Waals surface area contributed by atoms with Crippen molar-refractivity contribution in [2.24, 2.45) is 0 Å². The third kappa shape index (κ3) is 4.61. The van der Waals surface area contributed by atoms with Crippen LogP contribution in [-0.4, -0.2) is 4.98 Å². The molecule has 0 unspecified atom stereocenters. The van der Waals surface area contributed by atoms with E-state index in [1.807, 2.05) is 30.3 Å². The van der Waals surface area contributed by atoms with Crippen LogP contribution in [0.25, 0.3) is 32.4 Å². The Bertz CT molecular complexity index is 1020. The summed E-state index contributed by atoms with van der Waals surface area (Å²) in [6.45, 7) is 0. The van der Waals surface area contributed by atoms with E-state index in [4.69, 9.17) is 0 Å². The minimum atomic E-state index is 0. The van der Waals surface area contributed by atoms with Gasteiger partial charge in [0.05, 0.1) is 0 Å². The molecule has 128 valence electrons. The van der Waals surface area contributed by atoms with Crippen molar-refractivity contribution in [3.63, 3.8) is 0 Å². The van der Waals surface area contributed by atoms with Gasteiger partial charge in [0.1, 0.15) is 0 Å². The molecule has 4 aromatic carbocycles. The quantitative estimate of drug-likeness (QED) is 0.318. The third-order valence-corrected chi connectivity index (χ3v) is 3.97. The summed E-state index contributed by atoms with van der Waals surface area (Å²) < 4.78 is 0. The summed E-state index contributed by atoms with van der Waals surface area (Å²) in [6, 6.07) is 32.2. The Morgan fingerprint density at radius 2 is 1.46 bits per heavy atom. The Kier molecular flexibility index (Phi) is 8.72. The van der Waals surface area contributed by atoms with Crippen LogP contribution in [0.4, 0.5) is 0 Å². The van der Waals surface area contributed by atoms with Crippen LogP contribution in [0.5, 0.6) is 0 Å². The minimum Gasteiger partial charge on any atom is -1.00 e. The molecule has 26 heavy (non-hydrogen) atoms. The summed E-state index contributed by atoms with van der Waals surface area (Å²) in [4.78, 5) is 4.13. The van der Waals surface area contributed by atoms with Crippen molar-refractivity contribution in [2.75, 3.05) is 0 Å². The Balaban J connectivity index is 0.000000239. The molecule has 0 aliphatic heterocycles. The van der Waals surface area contributed by atoms with E-state index in [2.05, 4.69) is 65.6 Å². The predicted molar refractivity (Wildman–Crippen MR) is 97.6 cm³/mol. The number of hydrogen-bond acceptors (Lipinski definition) is 1. The van der Waals surface area contributed by atoms with Crippen molar-refractivity contribution < 1.29 is 42.2 Å². The molecule has 0 N–H and O–H groups in total. The molecule has 0 saturated heterocycles. The zero-order valence-corrected chi connectivity index (χ0v) is 16.6. The average molecular weight is 416 g/mol. The number of halogens is 2. The summed E-state index contributed by atoms with van der Waals surface area (Å²) in [5.41, 5.74) is 0.935. The Morgan fingerprint density at radius 3 is 2.31 bits per heavy atom. The van der Waals surface area contributed by atoms with Crippen molar-refractivity contribution in [3.8, 4) is 0 Å². The number of hydrogen-bond donors (Lipinski definition) is 0. The van der Waals surface area contributed by atoms with Gasteiger partial charge in [0, 0.05) is 6.20 Å². The molecule has 0 radical (unpaired) electrons. The van der Waals surface area contributed by atoms with Gasteiger partial charge in [-0.1, -0.05) is 47.2 Å². The minimum absolute atomic E-state index is 0. The van der Waals surface area contributed by atoms with Gasteiger partial charge in [0.15, 0.2) is 0 Å². The molecule has 0 amide bonds. The van der Waals surface area contributed by atoms with Crippen LogP contribution >= 0.6 is 0 Å². The average Bonchev–Trinajstić information content (AvgIpc) is 3.12. The van der Waals surface area contributed by atoms with E-state index < -0.39 is 0 Å². The molecule has 0 aliphatic carbocycles. The maximum atomic E-state index is 4.13. The predicted octanol–water partition coefficient (Wildman–Crippen LogP) is -0.248. The van der Waals surface area contributed by atoms with E-state index >= 15 is 0 Å². The molecule has 0 spiro atoms. The van der Waals surface area contributed by atoms with Gasteiger partial charge in [-0.25, -0.2) is 0 Å². The van der Waals surface area contributed by atoms with Gasteiger partial charge in [-0.2, -0.15) is 36.4 Å². The number of para-hydroxylation sites is 1. The molecule has 0 bridgehead atoms. The molecular weight excluding hydrogens is 401 g/mol. The molecule has 5 rings (SSSR count). The number of nitrogens with zero attached hydrogens (tertiary/aromatic N) is 1. The summed E-state index contributed by atoms with van der Waals surface area (Å²) in [5, 5.41) is 6.51. The summed E-state index contributed by atoms with van der Waals surface area (Å²) in [7, 11) is 0. The van der Waals surface area contributed by atoms with Gasteiger partial charge in [-0.3, -0.25) is 4.98 Å². The molecule has 0 fully saturated rings. The van der Waals surface area contributed by atoms with E-state index in [9.17, 15) is 0 Å². The van der Waals surface area contributed by atoms with Gasteiger partial charge in [-0.05, 0) is 5.52 Å². The largest absolute Gasteiger partial charge is 4.00 e. The van der Waals surface area contributed by atoms with E-state index in [-0.39, 0.29) is 42.2 Å². The van der Waals surface area contributed by atoms with Crippen LogP contribution in [0, 0.1) is 6.07 Å². The zero-order valence-electron chi connectivity index (χ0n) is 13.8. The monoisotopic (exact) mass is 415 g/mol. The number of aromatic nitrogens is 1. The van der Waals surface area contributed by atoms with Crippen LogP contribution < -0.4 is 24.8 Å². The molecule has 5 aromatic rings. The van der Waals surface area contributed by atoms with E-state index in [0.717, 1.165) is 10.9 Å². The van der Waals surface area contributed by atoms with Gasteiger partial charge >= 0.3 is 17.4 Å². The van der Waals surface area contributed by atoms with Crippen LogP contribution in [0.15, 0.2) is 91.1 Å². The van der Waals surface area contributed by atoms with Crippen LogP contribution in [0.2, 0.25) is 0 Å². The fourth-order valence-electron chi connectivity index (χ4n) is 2.84. The summed E-state index contributed by atoms with van der Waals surface area (Å²) in [6.07, 6.45) is 1.78. The van der Waals surface area contributed by atoms with Crippen molar-refractivity contribution in [1.82, 2.24) is 4.98 Å². The van der Waals surface area contributed by atoms with E-state index in [1.165, 1.54) is 21.5 Å². The van der Waals surface area contributed by atoms with Crippen LogP contribution in [-0.2, 0) is 17.4 Å². The van der Waals surface area contributed by atoms with Gasteiger partial charge in [0.25, 0.3) is 0 Å². The van der Waals surface area contributed by atoms with Crippen LogP contribution in [0.1, 0.15) is 0 Å². The normalized spacial score (nSPS) is 9.38. The fourth-order valence-corrected chi connectivity index (χ4v) is 2.84. The molecule has 1 aromatic heterocycles. The van der Waals surface area contributed by atoms with Gasteiger partial charge in [0.2, 0.25) is 0 Å². The molecule has 0 saturated carbocycles. The first kappa shape index (κ1) is 22.1. The summed E-state index contributed by atoms with van der Waals surface area (Å²) >= 11 is 0. The number of pyridine rings is 1. The van der Waals surface area contributed by atoms with Crippen molar-refractivity contribution in [3.05, 3.63) is 97.2 Å². The molecule has 0 atom stereocenters. The second-order valence-electron chi connectivity index (χ2n) is 5.43. The second kappa shape index (κ2) is 10.3. The van der Waals surface area contributed by atoms with Gasteiger partial charge < -0.3 is 24.8 Å². The number of benzene rings is 3. The SMILES string of the molecule is [Cl-].[Cl-].[Cr+4].[c-]1cccc2cccnc12.c1ccc2c(c1)ccc1cc[cH-]c12. The second-order valence-corrected chi connectivity index (χ2v) is 5.43. The first-order valence-corrected chi connectivity index (χ1v) is 7.66. The zero-order chi connectivity index (χ0) is 15.5. The molecule has 1 nitrogen and oxygen atoms in total. The maximum Gasteiger partial charge on any atom is 4.00 e. The number of fused-ring (bicyclic) bond motifs is 4. The topological polar surface area (TPSA) is 12.9 Å². The molecule has 4 heteroatoms. The maximum absolute atomic E-state index is 4.13. The van der Waals surface area contributed by atoms with Gasteiger partial charge in [-0.15, -0.1) is 34.4 Å². The van der Waals surface area contributed by atoms with E-state index in [0.29, 0.717) is 0 Å². The van der Waals surface area contributed by atoms with Crippen molar-refractivity contribution >= 4 is 32.4 Å². The van der Waals surface area contributed by atoms with E-state index in [1.54, 1.807) is 6.20 Å². The smallest absolute Gasteiger partial charge is 1.00 e. The third-order valence-electron chi connectivity index (χ3n) is 3.97. The van der Waals surface area contributed by atoms with Crippen molar-refractivity contribution in [2.45, 2.75) is 0 Å². The molecular formula is C22H15Cl2CrN. The Labute approximate surface area is 176 Å². The Hall–Kier alpha value is -1.95. The molecule has 1 heterocycles. The number of rotatable bonds is 0. The first-order chi connectivity index (χ1) is 11.4. The summed E-state index contributed by atoms with van der Waals surface area (Å²) in [5.74, 6) is 0. The fraction of sp³-hybridized carbons (Fsp3) is 0. The Morgan fingerprint density at radius 1 is 0.731 bits per heavy atom. The molecule has 0 aliphatic rings. The van der Waals surface area contributed by atoms with Crippen molar-refractivity contribution in [1.29, 1.82) is 0 Å². The van der Waals surface area contributed by atoms with Crippen LogP contribution in [0.3, 0.4) is 0 Å². The standard InChI is InChI=1S/C13H9.C9H6N.2ClH.Cr/c1-2-6-12-10(4-1)8-9-11-5-3-7-13(11)12;1-2-6-9-8(4-1)5-3-7-10-9;;;/h1-9H;1-5,7H;2*1H;/q2*-1;;;+4/p-2. The first-order valence-electron chi connectivity index (χ1n) is 7.66.